The summed E-state index contributed by atoms with van der Waals surface area (Å²) < 4.78 is 0. The fraction of sp³-hybridized carbons (Fsp3) is 1.00. The molecule has 1 atom stereocenters. The summed E-state index contributed by atoms with van der Waals surface area (Å²) in [6.07, 6.45) is 2.60. The van der Waals surface area contributed by atoms with E-state index in [9.17, 15) is 0 Å². The highest BCUT2D eigenvalue weighted by Crippen LogP contribution is 2.25. The average molecular weight is 212 g/mol. The molecule has 1 rings (SSSR count). The monoisotopic (exact) mass is 212 g/mol. The second-order valence-electron chi connectivity index (χ2n) is 5.28. The van der Waals surface area contributed by atoms with Gasteiger partial charge in [0, 0.05) is 24.7 Å². The van der Waals surface area contributed by atoms with Crippen molar-refractivity contribution < 1.29 is 0 Å². The molecule has 0 aromatic carbocycles. The van der Waals surface area contributed by atoms with Crippen molar-refractivity contribution in [1.29, 1.82) is 0 Å². The summed E-state index contributed by atoms with van der Waals surface area (Å²) in [7, 11) is 0. The van der Waals surface area contributed by atoms with Gasteiger partial charge in [0.25, 0.3) is 0 Å². The number of nitrogens with zero attached hydrogens (tertiary/aromatic N) is 2. The SMILES string of the molecule is CCN(CC)C1CCN(C(C)(C)CC)C1. The minimum atomic E-state index is 0.391. The summed E-state index contributed by atoms with van der Waals surface area (Å²) in [5, 5.41) is 0. The predicted octanol–water partition coefficient (Wildman–Crippen LogP) is 2.59. The van der Waals surface area contributed by atoms with Crippen LogP contribution in [0.5, 0.6) is 0 Å². The van der Waals surface area contributed by atoms with Crippen LogP contribution in [0, 0.1) is 0 Å². The summed E-state index contributed by atoms with van der Waals surface area (Å²) in [6.45, 7) is 16.5. The van der Waals surface area contributed by atoms with E-state index in [1.165, 1.54) is 39.0 Å². The van der Waals surface area contributed by atoms with Gasteiger partial charge in [0.1, 0.15) is 0 Å². The normalized spacial score (nSPS) is 24.0. The third-order valence-corrected chi connectivity index (χ3v) is 4.21. The smallest absolute Gasteiger partial charge is 0.0235 e. The quantitative estimate of drug-likeness (QED) is 0.691. The van der Waals surface area contributed by atoms with Gasteiger partial charge in [-0.1, -0.05) is 20.8 Å². The van der Waals surface area contributed by atoms with Crippen LogP contribution in [0.25, 0.3) is 0 Å². The van der Waals surface area contributed by atoms with Gasteiger partial charge < -0.3 is 0 Å². The zero-order chi connectivity index (χ0) is 11.5. The summed E-state index contributed by atoms with van der Waals surface area (Å²) in [4.78, 5) is 5.27. The molecule has 2 nitrogen and oxygen atoms in total. The van der Waals surface area contributed by atoms with Gasteiger partial charge in [-0.05, 0) is 39.8 Å². The van der Waals surface area contributed by atoms with Gasteiger partial charge in [-0.2, -0.15) is 0 Å². The Bertz CT molecular complexity index is 185. The maximum atomic E-state index is 2.66. The van der Waals surface area contributed by atoms with E-state index in [-0.39, 0.29) is 0 Å². The maximum Gasteiger partial charge on any atom is 0.0235 e. The molecule has 15 heavy (non-hydrogen) atoms. The van der Waals surface area contributed by atoms with Crippen LogP contribution >= 0.6 is 0 Å². The predicted molar refractivity (Wildman–Crippen MR) is 67.3 cm³/mol. The molecule has 0 spiro atoms. The molecule has 0 aliphatic carbocycles. The zero-order valence-electron chi connectivity index (χ0n) is 11.2. The molecule has 1 fully saturated rings. The highest BCUT2D eigenvalue weighted by molar-refractivity contribution is 4.90. The lowest BCUT2D eigenvalue weighted by Crippen LogP contribution is -2.44. The Hall–Kier alpha value is -0.0800. The molecule has 0 aromatic heterocycles. The van der Waals surface area contributed by atoms with Crippen LogP contribution in [0.1, 0.15) is 47.5 Å². The van der Waals surface area contributed by atoms with Gasteiger partial charge in [-0.15, -0.1) is 0 Å². The molecular weight excluding hydrogens is 184 g/mol. The fourth-order valence-electron chi connectivity index (χ4n) is 2.55. The fourth-order valence-corrected chi connectivity index (χ4v) is 2.55. The van der Waals surface area contributed by atoms with Gasteiger partial charge in [-0.25, -0.2) is 0 Å². The van der Waals surface area contributed by atoms with Gasteiger partial charge in [0.05, 0.1) is 0 Å². The van der Waals surface area contributed by atoms with Crippen LogP contribution in [0.4, 0.5) is 0 Å². The van der Waals surface area contributed by atoms with E-state index in [2.05, 4.69) is 44.4 Å². The third kappa shape index (κ3) is 2.94. The lowest BCUT2D eigenvalue weighted by Gasteiger charge is -2.35. The van der Waals surface area contributed by atoms with E-state index in [0.29, 0.717) is 5.54 Å². The first kappa shape index (κ1) is 13.0. The largest absolute Gasteiger partial charge is 0.300 e. The number of likely N-dealkylation sites (N-methyl/N-ethyl adjacent to an activating group) is 1. The Morgan fingerprint density at radius 3 is 2.27 bits per heavy atom. The van der Waals surface area contributed by atoms with Crippen molar-refractivity contribution in [1.82, 2.24) is 9.80 Å². The molecule has 0 N–H and O–H groups in total. The summed E-state index contributed by atoms with van der Waals surface area (Å²) in [5.41, 5.74) is 0.391. The second-order valence-corrected chi connectivity index (χ2v) is 5.28. The molecule has 0 aromatic rings. The summed E-state index contributed by atoms with van der Waals surface area (Å²) >= 11 is 0. The molecule has 0 radical (unpaired) electrons. The lowest BCUT2D eigenvalue weighted by molar-refractivity contribution is 0.129. The van der Waals surface area contributed by atoms with E-state index in [4.69, 9.17) is 0 Å². The van der Waals surface area contributed by atoms with Crippen LogP contribution in [0.3, 0.4) is 0 Å². The Morgan fingerprint density at radius 2 is 1.80 bits per heavy atom. The zero-order valence-corrected chi connectivity index (χ0v) is 11.2. The highest BCUT2D eigenvalue weighted by atomic mass is 15.3. The van der Waals surface area contributed by atoms with Crippen molar-refractivity contribution in [3.63, 3.8) is 0 Å². The average Bonchev–Trinajstić information content (AvgIpc) is 2.70. The Kier molecular flexibility index (Phi) is 4.60. The minimum Gasteiger partial charge on any atom is -0.300 e. The molecule has 1 heterocycles. The number of hydrogen-bond acceptors (Lipinski definition) is 2. The molecule has 0 saturated carbocycles. The van der Waals surface area contributed by atoms with E-state index < -0.39 is 0 Å². The standard InChI is InChI=1S/C13H28N2/c1-6-13(4,5)15-10-9-12(11-15)14(7-2)8-3/h12H,6-11H2,1-5H3. The van der Waals surface area contributed by atoms with Gasteiger partial charge in [0.2, 0.25) is 0 Å². The van der Waals surface area contributed by atoms with E-state index >= 15 is 0 Å². The maximum absolute atomic E-state index is 2.66. The molecule has 1 unspecified atom stereocenters. The Morgan fingerprint density at radius 1 is 1.20 bits per heavy atom. The van der Waals surface area contributed by atoms with E-state index in [1.807, 2.05) is 0 Å². The topological polar surface area (TPSA) is 6.48 Å². The first-order valence-electron chi connectivity index (χ1n) is 6.54. The number of hydrogen-bond donors (Lipinski definition) is 0. The van der Waals surface area contributed by atoms with Gasteiger partial charge >= 0.3 is 0 Å². The molecule has 0 amide bonds. The van der Waals surface area contributed by atoms with Crippen LogP contribution < -0.4 is 0 Å². The van der Waals surface area contributed by atoms with Crippen molar-refractivity contribution in [2.45, 2.75) is 59.0 Å². The lowest BCUT2D eigenvalue weighted by atomic mass is 10.0. The van der Waals surface area contributed by atoms with Crippen LogP contribution in [-0.4, -0.2) is 47.6 Å². The van der Waals surface area contributed by atoms with E-state index in [1.54, 1.807) is 0 Å². The molecule has 2 heteroatoms. The van der Waals surface area contributed by atoms with Crippen molar-refractivity contribution in [2.75, 3.05) is 26.2 Å². The van der Waals surface area contributed by atoms with Gasteiger partial charge in [0.15, 0.2) is 0 Å². The van der Waals surface area contributed by atoms with Crippen molar-refractivity contribution >= 4 is 0 Å². The summed E-state index contributed by atoms with van der Waals surface area (Å²) in [5.74, 6) is 0. The second kappa shape index (κ2) is 5.31. The van der Waals surface area contributed by atoms with E-state index in [0.717, 1.165) is 6.04 Å². The molecule has 0 bridgehead atoms. The number of likely N-dealkylation sites (tertiary alicyclic amines) is 1. The van der Waals surface area contributed by atoms with Crippen LogP contribution in [0.15, 0.2) is 0 Å². The van der Waals surface area contributed by atoms with Crippen molar-refractivity contribution in [3.8, 4) is 0 Å². The highest BCUT2D eigenvalue weighted by Gasteiger charge is 2.33. The number of rotatable bonds is 5. The van der Waals surface area contributed by atoms with Crippen molar-refractivity contribution in [3.05, 3.63) is 0 Å². The van der Waals surface area contributed by atoms with Gasteiger partial charge in [-0.3, -0.25) is 9.80 Å². The molecule has 1 saturated heterocycles. The van der Waals surface area contributed by atoms with Crippen molar-refractivity contribution in [2.24, 2.45) is 0 Å². The van der Waals surface area contributed by atoms with Crippen LogP contribution in [0.2, 0.25) is 0 Å². The molecule has 1 aliphatic heterocycles. The molecule has 90 valence electrons. The summed E-state index contributed by atoms with van der Waals surface area (Å²) in [6, 6.07) is 0.797. The Labute approximate surface area is 95.6 Å². The minimum absolute atomic E-state index is 0.391. The molecular formula is C13H28N2. The first-order valence-corrected chi connectivity index (χ1v) is 6.54. The van der Waals surface area contributed by atoms with Crippen LogP contribution in [-0.2, 0) is 0 Å². The third-order valence-electron chi connectivity index (χ3n) is 4.21. The molecule has 1 aliphatic rings. The Balaban J connectivity index is 2.51. The first-order chi connectivity index (χ1) is 7.05.